The Labute approximate surface area is 219 Å². The summed E-state index contributed by atoms with van der Waals surface area (Å²) < 4.78 is 39.1. The average Bonchev–Trinajstić information content (AvgIpc) is 3.19. The molecule has 0 bridgehead atoms. The third kappa shape index (κ3) is 5.71. The number of hydrogen-bond donors (Lipinski definition) is 1. The number of likely N-dealkylation sites (N-methyl/N-ethyl adjacent to an activating group) is 1. The van der Waals surface area contributed by atoms with E-state index in [4.69, 9.17) is 4.84 Å². The van der Waals surface area contributed by atoms with Crippen molar-refractivity contribution in [1.29, 1.82) is 0 Å². The molecule has 4 aliphatic carbocycles. The van der Waals surface area contributed by atoms with E-state index < -0.39 is 18.8 Å². The summed E-state index contributed by atoms with van der Waals surface area (Å²) in [7, 11) is 0. The second kappa shape index (κ2) is 10.9. The molecule has 37 heavy (non-hydrogen) atoms. The normalized spacial score (nSPS) is 38.0. The number of oxime groups is 1. The molecule has 0 saturated heterocycles. The van der Waals surface area contributed by atoms with Crippen LogP contribution in [0.15, 0.2) is 5.16 Å². The van der Waals surface area contributed by atoms with E-state index in [1.54, 1.807) is 0 Å². The van der Waals surface area contributed by atoms with E-state index in [-0.39, 0.29) is 29.8 Å². The number of alkyl halides is 3. The van der Waals surface area contributed by atoms with Crippen LogP contribution in [0.1, 0.15) is 85.5 Å². The predicted molar refractivity (Wildman–Crippen MR) is 136 cm³/mol. The smallest absolute Gasteiger partial charge is 0.315 e. The molecule has 4 fully saturated rings. The molecule has 9 heteroatoms. The number of Topliss-reactive ketones (excluding diaryl/α,β-unsaturated/α-hetero) is 1. The van der Waals surface area contributed by atoms with Crippen LogP contribution in [0.4, 0.5) is 18.0 Å². The van der Waals surface area contributed by atoms with Crippen LogP contribution >= 0.6 is 0 Å². The highest BCUT2D eigenvalue weighted by atomic mass is 19.4. The summed E-state index contributed by atoms with van der Waals surface area (Å²) in [5.74, 6) is 2.96. The fourth-order valence-corrected chi connectivity index (χ4v) is 8.81. The number of carbonyl (C=O) groups excluding carboxylic acids is 2. The van der Waals surface area contributed by atoms with E-state index in [1.165, 1.54) is 6.42 Å². The lowest BCUT2D eigenvalue weighted by atomic mass is 9.44. The number of carbonyl (C=O) groups is 2. The molecule has 1 amide bonds. The van der Waals surface area contributed by atoms with Gasteiger partial charge in [0, 0.05) is 31.8 Å². The minimum Gasteiger partial charge on any atom is -0.315 e. The van der Waals surface area contributed by atoms with Crippen molar-refractivity contribution in [3.8, 4) is 0 Å². The highest BCUT2D eigenvalue weighted by Gasteiger charge is 2.60. The second-order valence-corrected chi connectivity index (χ2v) is 12.6. The van der Waals surface area contributed by atoms with Gasteiger partial charge in [0.25, 0.3) is 0 Å². The molecule has 0 heterocycles. The average molecular weight is 528 g/mol. The lowest BCUT2D eigenvalue weighted by Crippen LogP contribution is -2.53. The molecule has 210 valence electrons. The maximum atomic E-state index is 13.0. The highest BCUT2D eigenvalue weighted by molar-refractivity contribution is 5.85. The van der Waals surface area contributed by atoms with Crippen LogP contribution in [-0.2, 0) is 9.63 Å². The van der Waals surface area contributed by atoms with Gasteiger partial charge < -0.3 is 5.32 Å². The second-order valence-electron chi connectivity index (χ2n) is 12.6. The molecular formula is C28H44F3N3O3. The summed E-state index contributed by atoms with van der Waals surface area (Å²) in [6.45, 7) is 7.89. The van der Waals surface area contributed by atoms with Gasteiger partial charge in [-0.1, -0.05) is 25.9 Å². The summed E-state index contributed by atoms with van der Waals surface area (Å²) in [4.78, 5) is 30.4. The van der Waals surface area contributed by atoms with E-state index >= 15 is 0 Å². The zero-order valence-electron chi connectivity index (χ0n) is 22.8. The topological polar surface area (TPSA) is 71.0 Å². The fraction of sp³-hybridized carbons (Fsp3) is 0.893. The van der Waals surface area contributed by atoms with Gasteiger partial charge in [-0.15, -0.1) is 0 Å². The maximum Gasteiger partial charge on any atom is 0.436 e. The van der Waals surface area contributed by atoms with Crippen LogP contribution in [0.5, 0.6) is 0 Å². The quantitative estimate of drug-likeness (QED) is 0.185. The van der Waals surface area contributed by atoms with Crippen LogP contribution < -0.4 is 5.32 Å². The number of fused-ring (bicyclic) bond motifs is 5. The molecular weight excluding hydrogens is 483 g/mol. The number of nitrogens with zero attached hydrogens (tertiary/aromatic N) is 2. The lowest BCUT2D eigenvalue weighted by molar-refractivity contribution is -0.142. The molecule has 0 unspecified atom stereocenters. The van der Waals surface area contributed by atoms with Crippen molar-refractivity contribution >= 4 is 17.6 Å². The number of amides is 1. The lowest BCUT2D eigenvalue weighted by Gasteiger charge is -2.60. The van der Waals surface area contributed by atoms with Crippen LogP contribution in [0.3, 0.4) is 0 Å². The minimum atomic E-state index is -4.50. The van der Waals surface area contributed by atoms with Gasteiger partial charge in [0.05, 0.1) is 5.71 Å². The van der Waals surface area contributed by atoms with Gasteiger partial charge in [-0.05, 0) is 92.9 Å². The third-order valence-electron chi connectivity index (χ3n) is 10.7. The monoisotopic (exact) mass is 527 g/mol. The molecule has 0 radical (unpaired) electrons. The van der Waals surface area contributed by atoms with Gasteiger partial charge >= 0.3 is 12.3 Å². The van der Waals surface area contributed by atoms with Crippen molar-refractivity contribution in [1.82, 2.24) is 10.2 Å². The Hall–Kier alpha value is -1.64. The summed E-state index contributed by atoms with van der Waals surface area (Å²) >= 11 is 0. The Morgan fingerprint density at radius 1 is 1.11 bits per heavy atom. The van der Waals surface area contributed by atoms with Gasteiger partial charge in [0.2, 0.25) is 0 Å². The van der Waals surface area contributed by atoms with Crippen molar-refractivity contribution in [3.05, 3.63) is 0 Å². The van der Waals surface area contributed by atoms with Gasteiger partial charge in [0.1, 0.15) is 12.3 Å². The minimum absolute atomic E-state index is 0.0472. The van der Waals surface area contributed by atoms with Crippen LogP contribution in [-0.4, -0.2) is 54.8 Å². The molecule has 0 aromatic carbocycles. The molecule has 4 rings (SSSR count). The first-order valence-electron chi connectivity index (χ1n) is 14.2. The summed E-state index contributed by atoms with van der Waals surface area (Å²) in [5.41, 5.74) is 1.01. The number of ketones is 1. The molecule has 1 N–H and O–H groups in total. The maximum absolute atomic E-state index is 13.0. The zero-order valence-corrected chi connectivity index (χ0v) is 22.8. The van der Waals surface area contributed by atoms with Crippen molar-refractivity contribution in [3.63, 3.8) is 0 Å². The third-order valence-corrected chi connectivity index (χ3v) is 10.7. The van der Waals surface area contributed by atoms with Crippen LogP contribution in [0, 0.1) is 40.4 Å². The van der Waals surface area contributed by atoms with Crippen molar-refractivity contribution in [2.75, 3.05) is 26.2 Å². The number of nitrogens with one attached hydrogen (secondary N) is 1. The van der Waals surface area contributed by atoms with E-state index in [1.807, 2.05) is 13.8 Å². The fourth-order valence-electron chi connectivity index (χ4n) is 8.81. The molecule has 0 aromatic rings. The Bertz CT molecular complexity index is 894. The molecule has 0 aliphatic heterocycles. The van der Waals surface area contributed by atoms with Gasteiger partial charge in [-0.2, -0.15) is 13.2 Å². The SMILES string of the molecule is CCNCCN(CC(F)(F)F)C(=O)O/N=C(\C)[C@H]1CC[C@H]2[C@@H]3CC[C@H]4CC(=O)CC[C@]4(C)[C@H]3CC[C@]12C. The summed E-state index contributed by atoms with van der Waals surface area (Å²) in [6.07, 6.45) is 3.51. The standard InChI is InChI=1S/C28H44F3N3O3/c1-5-32-14-15-34(17-28(29,30)31)25(36)37-33-18(2)22-8-9-23-21-7-6-19-16-20(35)10-12-26(19,3)24(21)11-13-27(22,23)4/h19,21-24,32H,5-17H2,1-4H3/b33-18+/t19-,21-,22+,23-,24-,26-,27+/m0/s1. The number of rotatable bonds is 7. The van der Waals surface area contributed by atoms with Crippen molar-refractivity contribution in [2.45, 2.75) is 91.7 Å². The zero-order chi connectivity index (χ0) is 27.0. The van der Waals surface area contributed by atoms with Gasteiger partial charge in [-0.3, -0.25) is 14.5 Å². The van der Waals surface area contributed by atoms with E-state index in [0.29, 0.717) is 46.6 Å². The van der Waals surface area contributed by atoms with Crippen molar-refractivity contribution in [2.24, 2.45) is 45.6 Å². The Kier molecular flexibility index (Phi) is 8.32. The molecule has 0 spiro atoms. The Morgan fingerprint density at radius 2 is 1.84 bits per heavy atom. The Morgan fingerprint density at radius 3 is 2.54 bits per heavy atom. The Balaban J connectivity index is 1.43. The summed E-state index contributed by atoms with van der Waals surface area (Å²) in [5, 5.41) is 7.05. The van der Waals surface area contributed by atoms with Gasteiger partial charge in [0.15, 0.2) is 0 Å². The molecule has 6 nitrogen and oxygen atoms in total. The van der Waals surface area contributed by atoms with E-state index in [0.717, 1.165) is 51.4 Å². The van der Waals surface area contributed by atoms with Crippen LogP contribution in [0.25, 0.3) is 0 Å². The first-order chi connectivity index (χ1) is 17.4. The molecule has 4 saturated carbocycles. The van der Waals surface area contributed by atoms with Gasteiger partial charge in [-0.25, -0.2) is 4.79 Å². The predicted octanol–water partition coefficient (Wildman–Crippen LogP) is 6.20. The van der Waals surface area contributed by atoms with Crippen LogP contribution in [0.2, 0.25) is 0 Å². The summed E-state index contributed by atoms with van der Waals surface area (Å²) in [6, 6.07) is 0. The van der Waals surface area contributed by atoms with E-state index in [9.17, 15) is 22.8 Å². The molecule has 4 aliphatic rings. The first kappa shape index (κ1) is 28.4. The van der Waals surface area contributed by atoms with E-state index in [2.05, 4.69) is 24.3 Å². The molecule has 7 atom stereocenters. The number of halogens is 3. The number of hydrogen-bond acceptors (Lipinski definition) is 5. The largest absolute Gasteiger partial charge is 0.436 e. The van der Waals surface area contributed by atoms with Crippen molar-refractivity contribution < 1.29 is 27.6 Å². The first-order valence-corrected chi connectivity index (χ1v) is 14.2. The highest BCUT2D eigenvalue weighted by Crippen LogP contribution is 2.67. The molecule has 0 aromatic heterocycles.